The number of halogens is 2. The standard InChI is InChI=1S/C18H9Cl2NO3/c19-14-5-3-11(9-15(14)20)16-6-4-13(24-16)8-12(10-21)18(22)17-2-1-7-23-17/h1-9H/b12-8+. The Balaban J connectivity index is 1.91. The summed E-state index contributed by atoms with van der Waals surface area (Å²) >= 11 is 11.9. The molecular formula is C18H9Cl2NO3. The van der Waals surface area contributed by atoms with E-state index in [9.17, 15) is 10.1 Å². The first-order valence-corrected chi connectivity index (χ1v) is 7.59. The van der Waals surface area contributed by atoms with Crippen LogP contribution in [0.3, 0.4) is 0 Å². The van der Waals surface area contributed by atoms with Crippen molar-refractivity contribution in [1.29, 1.82) is 5.26 Å². The Morgan fingerprint density at radius 3 is 2.62 bits per heavy atom. The molecule has 0 fully saturated rings. The first-order valence-electron chi connectivity index (χ1n) is 6.84. The van der Waals surface area contributed by atoms with Gasteiger partial charge in [-0.3, -0.25) is 4.79 Å². The number of carbonyl (C=O) groups is 1. The van der Waals surface area contributed by atoms with E-state index in [1.807, 2.05) is 6.07 Å². The van der Waals surface area contributed by atoms with Crippen molar-refractivity contribution < 1.29 is 13.6 Å². The lowest BCUT2D eigenvalue weighted by molar-refractivity contribution is 0.101. The molecule has 118 valence electrons. The van der Waals surface area contributed by atoms with E-state index in [1.54, 1.807) is 36.4 Å². The maximum Gasteiger partial charge on any atom is 0.238 e. The molecule has 3 aromatic rings. The van der Waals surface area contributed by atoms with Crippen molar-refractivity contribution in [1.82, 2.24) is 0 Å². The summed E-state index contributed by atoms with van der Waals surface area (Å²) in [6.45, 7) is 0. The fraction of sp³-hybridized carbons (Fsp3) is 0. The molecule has 24 heavy (non-hydrogen) atoms. The van der Waals surface area contributed by atoms with Gasteiger partial charge in [0.1, 0.15) is 23.2 Å². The molecule has 2 aromatic heterocycles. The van der Waals surface area contributed by atoms with Gasteiger partial charge in [0.05, 0.1) is 16.3 Å². The van der Waals surface area contributed by atoms with Gasteiger partial charge >= 0.3 is 0 Å². The summed E-state index contributed by atoms with van der Waals surface area (Å²) < 4.78 is 10.7. The highest BCUT2D eigenvalue weighted by atomic mass is 35.5. The Bertz CT molecular complexity index is 963. The van der Waals surface area contributed by atoms with Gasteiger partial charge in [-0.2, -0.15) is 5.26 Å². The molecule has 2 heterocycles. The van der Waals surface area contributed by atoms with Gasteiger partial charge in [-0.15, -0.1) is 0 Å². The third-order valence-electron chi connectivity index (χ3n) is 3.23. The van der Waals surface area contributed by atoms with Crippen LogP contribution in [0.5, 0.6) is 0 Å². The zero-order valence-electron chi connectivity index (χ0n) is 12.1. The van der Waals surface area contributed by atoms with Gasteiger partial charge in [0.2, 0.25) is 5.78 Å². The number of carbonyl (C=O) groups excluding carboxylic acids is 1. The average molecular weight is 358 g/mol. The molecule has 0 bridgehead atoms. The number of nitriles is 1. The second-order valence-corrected chi connectivity index (χ2v) is 5.62. The van der Waals surface area contributed by atoms with Gasteiger partial charge in [-0.25, -0.2) is 0 Å². The Labute approximate surface area is 147 Å². The van der Waals surface area contributed by atoms with Crippen molar-refractivity contribution in [2.75, 3.05) is 0 Å². The van der Waals surface area contributed by atoms with Crippen molar-refractivity contribution in [2.24, 2.45) is 0 Å². The lowest BCUT2D eigenvalue weighted by Gasteiger charge is -1.99. The highest BCUT2D eigenvalue weighted by molar-refractivity contribution is 6.42. The topological polar surface area (TPSA) is 67.1 Å². The Hall–Kier alpha value is -2.74. The minimum absolute atomic E-state index is 0.0833. The number of furan rings is 2. The zero-order chi connectivity index (χ0) is 17.1. The van der Waals surface area contributed by atoms with Crippen molar-refractivity contribution >= 4 is 35.1 Å². The van der Waals surface area contributed by atoms with E-state index in [2.05, 4.69) is 0 Å². The molecule has 0 aliphatic rings. The van der Waals surface area contributed by atoms with Gasteiger partial charge in [0.25, 0.3) is 0 Å². The van der Waals surface area contributed by atoms with Gasteiger partial charge < -0.3 is 8.83 Å². The molecule has 0 unspecified atom stereocenters. The Morgan fingerprint density at radius 2 is 1.96 bits per heavy atom. The second-order valence-electron chi connectivity index (χ2n) is 4.81. The number of ketones is 1. The van der Waals surface area contributed by atoms with Crippen LogP contribution >= 0.6 is 23.2 Å². The van der Waals surface area contributed by atoms with Crippen LogP contribution in [0.4, 0.5) is 0 Å². The summed E-state index contributed by atoms with van der Waals surface area (Å²) in [5.74, 6) is 0.504. The summed E-state index contributed by atoms with van der Waals surface area (Å²) in [5.41, 5.74) is 0.653. The van der Waals surface area contributed by atoms with Crippen molar-refractivity contribution in [3.63, 3.8) is 0 Å². The molecule has 4 nitrogen and oxygen atoms in total. The predicted molar refractivity (Wildman–Crippen MR) is 90.8 cm³/mol. The van der Waals surface area contributed by atoms with Crippen LogP contribution in [0.1, 0.15) is 16.3 Å². The molecule has 0 spiro atoms. The monoisotopic (exact) mass is 357 g/mol. The highest BCUT2D eigenvalue weighted by Crippen LogP contribution is 2.30. The summed E-state index contributed by atoms with van der Waals surface area (Å²) in [4.78, 5) is 12.1. The summed E-state index contributed by atoms with van der Waals surface area (Å²) in [6.07, 6.45) is 2.74. The molecular weight excluding hydrogens is 349 g/mol. The number of hydrogen-bond donors (Lipinski definition) is 0. The van der Waals surface area contributed by atoms with Crippen molar-refractivity contribution in [2.45, 2.75) is 0 Å². The molecule has 0 saturated carbocycles. The van der Waals surface area contributed by atoms with E-state index in [0.717, 1.165) is 5.56 Å². The molecule has 0 aliphatic heterocycles. The van der Waals surface area contributed by atoms with Gasteiger partial charge in [-0.1, -0.05) is 23.2 Å². The quantitative estimate of drug-likeness (QED) is 0.344. The van der Waals surface area contributed by atoms with Crippen LogP contribution in [0.15, 0.2) is 63.1 Å². The second kappa shape index (κ2) is 6.79. The third kappa shape index (κ3) is 3.28. The number of benzene rings is 1. The fourth-order valence-corrected chi connectivity index (χ4v) is 2.36. The first-order chi connectivity index (χ1) is 11.6. The SMILES string of the molecule is N#C/C(=C\c1ccc(-c2ccc(Cl)c(Cl)c2)o1)C(=O)c1ccco1. The Morgan fingerprint density at radius 1 is 1.12 bits per heavy atom. The molecule has 0 amide bonds. The molecule has 3 rings (SSSR count). The van der Waals surface area contributed by atoms with Crippen LogP contribution in [0, 0.1) is 11.3 Å². The molecule has 0 N–H and O–H groups in total. The van der Waals surface area contributed by atoms with E-state index >= 15 is 0 Å². The van der Waals surface area contributed by atoms with Crippen LogP contribution in [-0.4, -0.2) is 5.78 Å². The summed E-state index contributed by atoms with van der Waals surface area (Å²) in [7, 11) is 0. The maximum absolute atomic E-state index is 12.1. The van der Waals surface area contributed by atoms with Crippen LogP contribution in [0.2, 0.25) is 10.0 Å². The molecule has 0 saturated heterocycles. The Kier molecular flexibility index (Phi) is 4.57. The minimum atomic E-state index is -0.505. The molecule has 0 atom stereocenters. The minimum Gasteiger partial charge on any atom is -0.461 e. The van der Waals surface area contributed by atoms with Gasteiger partial charge in [0, 0.05) is 11.6 Å². The molecule has 6 heteroatoms. The average Bonchev–Trinajstić information content (AvgIpc) is 3.26. The van der Waals surface area contributed by atoms with Crippen molar-refractivity contribution in [3.05, 3.63) is 75.9 Å². The first kappa shape index (κ1) is 16.1. The zero-order valence-corrected chi connectivity index (χ0v) is 13.6. The number of allylic oxidation sites excluding steroid dienone is 1. The van der Waals surface area contributed by atoms with Crippen molar-refractivity contribution in [3.8, 4) is 17.4 Å². The van der Waals surface area contributed by atoms with Crippen LogP contribution in [0.25, 0.3) is 17.4 Å². The lowest BCUT2D eigenvalue weighted by Crippen LogP contribution is -1.99. The largest absolute Gasteiger partial charge is 0.461 e. The maximum atomic E-state index is 12.1. The van der Waals surface area contributed by atoms with E-state index in [-0.39, 0.29) is 11.3 Å². The summed E-state index contributed by atoms with van der Waals surface area (Å²) in [6, 6.07) is 13.4. The van der Waals surface area contributed by atoms with Gasteiger partial charge in [-0.05, 0) is 42.5 Å². The number of nitrogens with zero attached hydrogens (tertiary/aromatic N) is 1. The number of Topliss-reactive ketones (excluding diaryl/α,β-unsaturated/α-hetero) is 1. The fourth-order valence-electron chi connectivity index (χ4n) is 2.07. The third-order valence-corrected chi connectivity index (χ3v) is 3.97. The predicted octanol–water partition coefficient (Wildman–Crippen LogP) is 5.64. The van der Waals surface area contributed by atoms with Crippen LogP contribution in [-0.2, 0) is 0 Å². The highest BCUT2D eigenvalue weighted by Gasteiger charge is 2.16. The number of rotatable bonds is 4. The smallest absolute Gasteiger partial charge is 0.238 e. The molecule has 0 radical (unpaired) electrons. The normalized spacial score (nSPS) is 11.3. The summed E-state index contributed by atoms with van der Waals surface area (Å²) in [5, 5.41) is 10.1. The van der Waals surface area contributed by atoms with E-state index in [0.29, 0.717) is 21.6 Å². The van der Waals surface area contributed by atoms with Gasteiger partial charge in [0.15, 0.2) is 5.76 Å². The number of hydrogen-bond acceptors (Lipinski definition) is 4. The van der Waals surface area contributed by atoms with E-state index in [4.69, 9.17) is 32.0 Å². The molecule has 1 aromatic carbocycles. The van der Waals surface area contributed by atoms with Crippen LogP contribution < -0.4 is 0 Å². The molecule has 0 aliphatic carbocycles. The van der Waals surface area contributed by atoms with E-state index in [1.165, 1.54) is 18.4 Å². The van der Waals surface area contributed by atoms with E-state index < -0.39 is 5.78 Å². The lowest BCUT2D eigenvalue weighted by atomic mass is 10.1.